The number of thiophene rings is 1. The molecule has 0 radical (unpaired) electrons. The SMILES string of the molecule is CCn1c(CN2CCC[C@H]2c2cccs2)nc2cc(S(=O)(=O)N3CCOCC3)ccc21. The van der Waals surface area contributed by atoms with Gasteiger partial charge in [0, 0.05) is 30.6 Å². The molecule has 4 heterocycles. The topological polar surface area (TPSA) is 67.7 Å². The molecule has 0 bridgehead atoms. The van der Waals surface area contributed by atoms with Gasteiger partial charge in [0.2, 0.25) is 10.0 Å². The van der Waals surface area contributed by atoms with Gasteiger partial charge in [-0.2, -0.15) is 4.31 Å². The molecule has 3 aromatic rings. The summed E-state index contributed by atoms with van der Waals surface area (Å²) in [5.74, 6) is 1.00. The van der Waals surface area contributed by atoms with Gasteiger partial charge in [-0.3, -0.25) is 4.90 Å². The van der Waals surface area contributed by atoms with Crippen molar-refractivity contribution in [1.29, 1.82) is 0 Å². The van der Waals surface area contributed by atoms with E-state index in [1.54, 1.807) is 12.1 Å². The van der Waals surface area contributed by atoms with E-state index >= 15 is 0 Å². The summed E-state index contributed by atoms with van der Waals surface area (Å²) in [6.07, 6.45) is 2.37. The molecule has 0 unspecified atom stereocenters. The predicted molar refractivity (Wildman–Crippen MR) is 122 cm³/mol. The number of imidazole rings is 1. The monoisotopic (exact) mass is 460 g/mol. The Hall–Kier alpha value is -1.78. The summed E-state index contributed by atoms with van der Waals surface area (Å²) in [7, 11) is -3.53. The fraction of sp³-hybridized carbons (Fsp3) is 0.500. The number of fused-ring (bicyclic) bond motifs is 1. The first-order chi connectivity index (χ1) is 15.1. The van der Waals surface area contributed by atoms with Crippen LogP contribution in [-0.4, -0.2) is 60.0 Å². The number of likely N-dealkylation sites (tertiary alicyclic amines) is 1. The summed E-state index contributed by atoms with van der Waals surface area (Å²) in [6, 6.07) is 10.1. The van der Waals surface area contributed by atoms with Crippen molar-refractivity contribution in [3.8, 4) is 0 Å². The fourth-order valence-electron chi connectivity index (χ4n) is 4.73. The zero-order valence-corrected chi connectivity index (χ0v) is 19.4. The van der Waals surface area contributed by atoms with Gasteiger partial charge in [-0.05, 0) is 56.0 Å². The van der Waals surface area contributed by atoms with Crippen molar-refractivity contribution >= 4 is 32.4 Å². The second kappa shape index (κ2) is 8.63. The molecular weight excluding hydrogens is 432 g/mol. The van der Waals surface area contributed by atoms with E-state index < -0.39 is 10.0 Å². The zero-order valence-electron chi connectivity index (χ0n) is 17.7. The van der Waals surface area contributed by atoms with Crippen molar-refractivity contribution in [2.45, 2.75) is 43.8 Å². The van der Waals surface area contributed by atoms with Crippen molar-refractivity contribution in [2.24, 2.45) is 0 Å². The molecule has 166 valence electrons. The molecule has 2 saturated heterocycles. The average molecular weight is 461 g/mol. The lowest BCUT2D eigenvalue weighted by molar-refractivity contribution is 0.0730. The molecule has 0 saturated carbocycles. The largest absolute Gasteiger partial charge is 0.379 e. The van der Waals surface area contributed by atoms with Crippen molar-refractivity contribution in [1.82, 2.24) is 18.8 Å². The van der Waals surface area contributed by atoms with Crippen LogP contribution < -0.4 is 0 Å². The van der Waals surface area contributed by atoms with Crippen LogP contribution in [0.1, 0.15) is 36.5 Å². The highest BCUT2D eigenvalue weighted by Gasteiger charge is 2.29. The molecule has 2 aromatic heterocycles. The first-order valence-electron chi connectivity index (χ1n) is 10.9. The van der Waals surface area contributed by atoms with E-state index in [0.29, 0.717) is 37.2 Å². The number of aromatic nitrogens is 2. The third-order valence-electron chi connectivity index (χ3n) is 6.30. The first kappa shape index (κ1) is 21.1. The molecule has 7 nitrogen and oxygen atoms in total. The molecule has 9 heteroatoms. The van der Waals surface area contributed by atoms with Gasteiger partial charge in [0.15, 0.2) is 0 Å². The van der Waals surface area contributed by atoms with Gasteiger partial charge < -0.3 is 9.30 Å². The minimum Gasteiger partial charge on any atom is -0.379 e. The van der Waals surface area contributed by atoms with E-state index in [-0.39, 0.29) is 0 Å². The molecule has 2 fully saturated rings. The number of hydrogen-bond donors (Lipinski definition) is 0. The Morgan fingerprint density at radius 2 is 2.03 bits per heavy atom. The Morgan fingerprint density at radius 1 is 1.19 bits per heavy atom. The van der Waals surface area contributed by atoms with E-state index in [9.17, 15) is 8.42 Å². The Morgan fingerprint density at radius 3 is 2.77 bits per heavy atom. The zero-order chi connectivity index (χ0) is 21.4. The van der Waals surface area contributed by atoms with Gasteiger partial charge >= 0.3 is 0 Å². The number of sulfonamides is 1. The van der Waals surface area contributed by atoms with Crippen molar-refractivity contribution < 1.29 is 13.2 Å². The third kappa shape index (κ3) is 3.93. The normalized spacial score (nSPS) is 21.3. The number of benzene rings is 1. The Kier molecular flexibility index (Phi) is 5.87. The van der Waals surface area contributed by atoms with Gasteiger partial charge in [0.1, 0.15) is 5.82 Å². The molecular formula is C22H28N4O3S2. The highest BCUT2D eigenvalue weighted by molar-refractivity contribution is 7.89. The highest BCUT2D eigenvalue weighted by Crippen LogP contribution is 2.36. The number of ether oxygens (including phenoxy) is 1. The summed E-state index contributed by atoms with van der Waals surface area (Å²) in [6.45, 7) is 6.43. The minimum absolute atomic E-state index is 0.312. The summed E-state index contributed by atoms with van der Waals surface area (Å²) in [4.78, 5) is 9.13. The number of morpholine rings is 1. The predicted octanol–water partition coefficient (Wildman–Crippen LogP) is 3.48. The maximum atomic E-state index is 13.1. The molecule has 0 spiro atoms. The van der Waals surface area contributed by atoms with Gasteiger partial charge in [-0.25, -0.2) is 13.4 Å². The second-order valence-electron chi connectivity index (χ2n) is 8.08. The summed E-state index contributed by atoms with van der Waals surface area (Å²) in [5, 5.41) is 2.14. The van der Waals surface area contributed by atoms with E-state index in [0.717, 1.165) is 36.5 Å². The average Bonchev–Trinajstić information content (AvgIpc) is 3.53. The Labute approximate surface area is 187 Å². The van der Waals surface area contributed by atoms with E-state index in [4.69, 9.17) is 9.72 Å². The fourth-order valence-corrected chi connectivity index (χ4v) is 7.05. The van der Waals surface area contributed by atoms with Crippen LogP contribution in [0, 0.1) is 0 Å². The molecule has 2 aliphatic rings. The van der Waals surface area contributed by atoms with Crippen molar-refractivity contribution in [3.05, 3.63) is 46.4 Å². The molecule has 0 aliphatic carbocycles. The van der Waals surface area contributed by atoms with Crippen LogP contribution in [0.4, 0.5) is 0 Å². The standard InChI is InChI=1S/C22H28N4O3S2/c1-2-26-19-8-7-17(31(27,28)25-10-12-29-13-11-25)15-18(19)23-22(26)16-24-9-3-5-20(24)21-6-4-14-30-21/h4,6-8,14-15,20H,2-3,5,9-13,16H2,1H3/t20-/m0/s1. The molecule has 5 rings (SSSR count). The van der Waals surface area contributed by atoms with Gasteiger partial charge in [-0.15, -0.1) is 11.3 Å². The van der Waals surface area contributed by atoms with Crippen LogP contribution in [0.25, 0.3) is 11.0 Å². The molecule has 0 amide bonds. The van der Waals surface area contributed by atoms with Crippen LogP contribution in [0.2, 0.25) is 0 Å². The first-order valence-corrected chi connectivity index (χ1v) is 13.2. The lowest BCUT2D eigenvalue weighted by atomic mass is 10.2. The third-order valence-corrected chi connectivity index (χ3v) is 9.17. The lowest BCUT2D eigenvalue weighted by Crippen LogP contribution is -2.40. The highest BCUT2D eigenvalue weighted by atomic mass is 32.2. The molecule has 1 atom stereocenters. The van der Waals surface area contributed by atoms with Crippen LogP contribution in [0.5, 0.6) is 0 Å². The van der Waals surface area contributed by atoms with E-state index in [1.807, 2.05) is 17.4 Å². The summed E-state index contributed by atoms with van der Waals surface area (Å²) in [5.41, 5.74) is 1.74. The maximum Gasteiger partial charge on any atom is 0.243 e. The Balaban J connectivity index is 1.46. The van der Waals surface area contributed by atoms with E-state index in [1.165, 1.54) is 22.0 Å². The van der Waals surface area contributed by atoms with Crippen LogP contribution in [-0.2, 0) is 27.8 Å². The number of aryl methyl sites for hydroxylation is 1. The molecule has 0 N–H and O–H groups in total. The Bertz CT molecular complexity index is 1150. The quantitative estimate of drug-likeness (QED) is 0.563. The molecule has 2 aliphatic heterocycles. The van der Waals surface area contributed by atoms with Crippen LogP contribution in [0.3, 0.4) is 0 Å². The summed E-state index contributed by atoms with van der Waals surface area (Å²) >= 11 is 1.82. The minimum atomic E-state index is -3.53. The van der Waals surface area contributed by atoms with Gasteiger partial charge in [0.25, 0.3) is 0 Å². The van der Waals surface area contributed by atoms with Crippen molar-refractivity contribution in [2.75, 3.05) is 32.8 Å². The van der Waals surface area contributed by atoms with Gasteiger partial charge in [0.05, 0.1) is 35.7 Å². The number of hydrogen-bond acceptors (Lipinski definition) is 6. The maximum absolute atomic E-state index is 13.1. The van der Waals surface area contributed by atoms with Crippen LogP contribution >= 0.6 is 11.3 Å². The number of nitrogens with zero attached hydrogens (tertiary/aromatic N) is 4. The second-order valence-corrected chi connectivity index (χ2v) is 11.0. The lowest BCUT2D eigenvalue weighted by Gasteiger charge is -2.26. The summed E-state index contributed by atoms with van der Waals surface area (Å²) < 4.78 is 35.2. The molecule has 31 heavy (non-hydrogen) atoms. The van der Waals surface area contributed by atoms with Crippen LogP contribution in [0.15, 0.2) is 40.6 Å². The van der Waals surface area contributed by atoms with Gasteiger partial charge in [-0.1, -0.05) is 6.07 Å². The van der Waals surface area contributed by atoms with E-state index in [2.05, 4.69) is 33.9 Å². The smallest absolute Gasteiger partial charge is 0.243 e. The molecule has 1 aromatic carbocycles. The van der Waals surface area contributed by atoms with Crippen molar-refractivity contribution in [3.63, 3.8) is 0 Å². The number of rotatable bonds is 6.